The third-order valence-corrected chi connectivity index (χ3v) is 4.57. The van der Waals surface area contributed by atoms with Crippen molar-refractivity contribution in [1.82, 2.24) is 20.1 Å². The topological polar surface area (TPSA) is 58.0 Å². The van der Waals surface area contributed by atoms with Gasteiger partial charge in [0.05, 0.1) is 6.54 Å². The van der Waals surface area contributed by atoms with Crippen LogP contribution >= 0.6 is 0 Å². The zero-order chi connectivity index (χ0) is 15.5. The van der Waals surface area contributed by atoms with Gasteiger partial charge >= 0.3 is 0 Å². The van der Waals surface area contributed by atoms with Crippen LogP contribution in [0.15, 0.2) is 53.3 Å². The lowest BCUT2D eigenvalue weighted by Crippen LogP contribution is -2.32. The number of aromatic nitrogens is 3. The number of hydrogen-bond acceptors (Lipinski definition) is 4. The molecule has 118 valence electrons. The van der Waals surface area contributed by atoms with E-state index in [9.17, 15) is 0 Å². The first kappa shape index (κ1) is 14.2. The van der Waals surface area contributed by atoms with Crippen molar-refractivity contribution >= 4 is 0 Å². The molecular weight excluding hydrogens is 288 g/mol. The van der Waals surface area contributed by atoms with Crippen molar-refractivity contribution in [3.05, 3.63) is 60.2 Å². The maximum Gasteiger partial charge on any atom is 0.152 e. The zero-order valence-corrected chi connectivity index (χ0v) is 13.0. The van der Waals surface area contributed by atoms with Crippen LogP contribution in [0.3, 0.4) is 0 Å². The third kappa shape index (κ3) is 3.19. The molecule has 0 bridgehead atoms. The monoisotopic (exact) mass is 308 g/mol. The van der Waals surface area contributed by atoms with Crippen LogP contribution in [0.4, 0.5) is 0 Å². The van der Waals surface area contributed by atoms with Gasteiger partial charge < -0.3 is 4.42 Å². The van der Waals surface area contributed by atoms with E-state index in [1.54, 1.807) is 6.20 Å². The summed E-state index contributed by atoms with van der Waals surface area (Å²) in [5, 5.41) is 6.89. The van der Waals surface area contributed by atoms with E-state index in [1.807, 2.05) is 24.5 Å². The van der Waals surface area contributed by atoms with Crippen LogP contribution in [0.2, 0.25) is 0 Å². The van der Waals surface area contributed by atoms with Crippen LogP contribution in [0.1, 0.15) is 30.1 Å². The maximum atomic E-state index is 5.92. The van der Waals surface area contributed by atoms with Crippen LogP contribution in [0, 0.1) is 0 Å². The molecule has 0 saturated carbocycles. The van der Waals surface area contributed by atoms with E-state index in [-0.39, 0.29) is 0 Å². The van der Waals surface area contributed by atoms with Crippen molar-refractivity contribution < 1.29 is 4.42 Å². The SMILES string of the molecule is c1cc(C2CCN(Cc3ccc(-c4ccn[nH]4)o3)CC2)ccn1. The van der Waals surface area contributed by atoms with Gasteiger partial charge in [-0.15, -0.1) is 0 Å². The quantitative estimate of drug-likeness (QED) is 0.802. The molecule has 5 heteroatoms. The molecule has 23 heavy (non-hydrogen) atoms. The summed E-state index contributed by atoms with van der Waals surface area (Å²) in [6.45, 7) is 3.08. The van der Waals surface area contributed by atoms with Gasteiger partial charge in [0, 0.05) is 18.6 Å². The van der Waals surface area contributed by atoms with Gasteiger partial charge in [-0.05, 0) is 67.7 Å². The Bertz CT molecular complexity index is 727. The van der Waals surface area contributed by atoms with Gasteiger partial charge in [0.1, 0.15) is 11.5 Å². The van der Waals surface area contributed by atoms with Gasteiger partial charge in [-0.2, -0.15) is 5.10 Å². The lowest BCUT2D eigenvalue weighted by atomic mass is 9.90. The average Bonchev–Trinajstić information content (AvgIpc) is 3.28. The number of pyridine rings is 1. The van der Waals surface area contributed by atoms with E-state index in [0.717, 1.165) is 36.8 Å². The minimum atomic E-state index is 0.659. The fraction of sp³-hybridized carbons (Fsp3) is 0.333. The minimum absolute atomic E-state index is 0.659. The van der Waals surface area contributed by atoms with E-state index in [0.29, 0.717) is 5.92 Å². The van der Waals surface area contributed by atoms with Crippen molar-refractivity contribution in [1.29, 1.82) is 0 Å². The molecule has 0 aromatic carbocycles. The predicted molar refractivity (Wildman–Crippen MR) is 87.8 cm³/mol. The highest BCUT2D eigenvalue weighted by Gasteiger charge is 2.21. The van der Waals surface area contributed by atoms with E-state index in [4.69, 9.17) is 4.42 Å². The molecule has 0 spiro atoms. The smallest absolute Gasteiger partial charge is 0.152 e. The second kappa shape index (κ2) is 6.38. The number of H-pyrrole nitrogens is 1. The van der Waals surface area contributed by atoms with Gasteiger partial charge in [0.15, 0.2) is 5.76 Å². The second-order valence-electron chi connectivity index (χ2n) is 6.07. The highest BCUT2D eigenvalue weighted by molar-refractivity contribution is 5.51. The molecule has 1 fully saturated rings. The number of hydrogen-bond donors (Lipinski definition) is 1. The fourth-order valence-electron chi connectivity index (χ4n) is 3.28. The van der Waals surface area contributed by atoms with Gasteiger partial charge in [-0.25, -0.2) is 0 Å². The molecule has 0 atom stereocenters. The Morgan fingerprint density at radius 3 is 2.61 bits per heavy atom. The Kier molecular flexibility index (Phi) is 3.94. The summed E-state index contributed by atoms with van der Waals surface area (Å²) in [5.41, 5.74) is 2.34. The zero-order valence-electron chi connectivity index (χ0n) is 13.0. The normalized spacial score (nSPS) is 16.7. The predicted octanol–water partition coefficient (Wildman–Crippen LogP) is 3.44. The molecule has 4 rings (SSSR count). The lowest BCUT2D eigenvalue weighted by Gasteiger charge is -2.31. The first-order valence-electron chi connectivity index (χ1n) is 8.09. The first-order valence-corrected chi connectivity index (χ1v) is 8.09. The number of nitrogens with zero attached hydrogens (tertiary/aromatic N) is 3. The third-order valence-electron chi connectivity index (χ3n) is 4.57. The Labute approximate surface area is 135 Å². The number of likely N-dealkylation sites (tertiary alicyclic amines) is 1. The van der Waals surface area contributed by atoms with Crippen molar-refractivity contribution in [3.63, 3.8) is 0 Å². The van der Waals surface area contributed by atoms with E-state index >= 15 is 0 Å². The van der Waals surface area contributed by atoms with Gasteiger partial charge in [-0.3, -0.25) is 15.0 Å². The molecule has 0 amide bonds. The number of piperidine rings is 1. The van der Waals surface area contributed by atoms with Crippen molar-refractivity contribution in [3.8, 4) is 11.5 Å². The highest BCUT2D eigenvalue weighted by Crippen LogP contribution is 2.28. The lowest BCUT2D eigenvalue weighted by molar-refractivity contribution is 0.191. The molecule has 5 nitrogen and oxygen atoms in total. The van der Waals surface area contributed by atoms with E-state index in [1.165, 1.54) is 18.4 Å². The molecule has 1 saturated heterocycles. The molecule has 1 aliphatic rings. The largest absolute Gasteiger partial charge is 0.458 e. The Morgan fingerprint density at radius 1 is 1.04 bits per heavy atom. The summed E-state index contributed by atoms with van der Waals surface area (Å²) >= 11 is 0. The molecule has 1 aliphatic heterocycles. The van der Waals surface area contributed by atoms with E-state index < -0.39 is 0 Å². The Hall–Kier alpha value is -2.40. The Morgan fingerprint density at radius 2 is 1.87 bits per heavy atom. The van der Waals surface area contributed by atoms with Gasteiger partial charge in [-0.1, -0.05) is 0 Å². The summed E-state index contributed by atoms with van der Waals surface area (Å²) < 4.78 is 5.92. The van der Waals surface area contributed by atoms with Crippen LogP contribution in [-0.4, -0.2) is 33.2 Å². The van der Waals surface area contributed by atoms with Crippen LogP contribution in [-0.2, 0) is 6.54 Å². The maximum absolute atomic E-state index is 5.92. The molecule has 3 aromatic rings. The summed E-state index contributed by atoms with van der Waals surface area (Å²) in [5.74, 6) is 2.52. The fourth-order valence-corrected chi connectivity index (χ4v) is 3.28. The van der Waals surface area contributed by atoms with Gasteiger partial charge in [0.25, 0.3) is 0 Å². The summed E-state index contributed by atoms with van der Waals surface area (Å²) in [7, 11) is 0. The number of nitrogens with one attached hydrogen (secondary N) is 1. The summed E-state index contributed by atoms with van der Waals surface area (Å²) in [4.78, 5) is 6.57. The van der Waals surface area contributed by atoms with Crippen molar-refractivity contribution in [2.75, 3.05) is 13.1 Å². The molecule has 0 unspecified atom stereocenters. The minimum Gasteiger partial charge on any atom is -0.458 e. The van der Waals surface area contributed by atoms with E-state index in [2.05, 4.69) is 38.3 Å². The Balaban J connectivity index is 1.35. The standard InChI is InChI=1S/C18H20N4O/c1-2-18(17-5-10-20-21-17)23-16(1)13-22-11-6-15(7-12-22)14-3-8-19-9-4-14/h1-5,8-10,15H,6-7,11-13H2,(H,20,21). The summed E-state index contributed by atoms with van der Waals surface area (Å²) in [6, 6.07) is 10.3. The molecular formula is C18H20N4O. The van der Waals surface area contributed by atoms with Crippen LogP contribution < -0.4 is 0 Å². The molecule has 0 aliphatic carbocycles. The van der Waals surface area contributed by atoms with Crippen LogP contribution in [0.25, 0.3) is 11.5 Å². The van der Waals surface area contributed by atoms with Gasteiger partial charge in [0.2, 0.25) is 0 Å². The summed E-state index contributed by atoms with van der Waals surface area (Å²) in [6.07, 6.45) is 7.90. The number of furan rings is 1. The molecule has 3 aromatic heterocycles. The second-order valence-corrected chi connectivity index (χ2v) is 6.07. The first-order chi connectivity index (χ1) is 11.4. The number of rotatable bonds is 4. The molecule has 4 heterocycles. The molecule has 1 N–H and O–H groups in total. The molecule has 0 radical (unpaired) electrons. The average molecular weight is 308 g/mol. The van der Waals surface area contributed by atoms with Crippen molar-refractivity contribution in [2.24, 2.45) is 0 Å². The number of aromatic amines is 1. The highest BCUT2D eigenvalue weighted by atomic mass is 16.3. The van der Waals surface area contributed by atoms with Crippen LogP contribution in [0.5, 0.6) is 0 Å². The van der Waals surface area contributed by atoms with Crippen molar-refractivity contribution in [2.45, 2.75) is 25.3 Å².